The average Bonchev–Trinajstić information content (AvgIpc) is 2.64. The van der Waals surface area contributed by atoms with Crippen molar-refractivity contribution in [2.75, 3.05) is 31.1 Å². The first-order valence-corrected chi connectivity index (χ1v) is 8.25. The number of hydrogen-bond acceptors (Lipinski definition) is 3. The molecule has 0 aromatic heterocycles. The summed E-state index contributed by atoms with van der Waals surface area (Å²) >= 11 is 0. The minimum absolute atomic E-state index is 0.120. The number of carbonyl (C=O) groups is 1. The lowest BCUT2D eigenvalue weighted by Gasteiger charge is -2.37. The Morgan fingerprint density at radius 1 is 1.04 bits per heavy atom. The predicted octanol–water partition coefficient (Wildman–Crippen LogP) is 3.08. The SMILES string of the molecule is CC(Oc1ccc(F)cc1F)C(=O)N1CCN(c2ccccc2)CC1. The molecule has 132 valence electrons. The van der Waals surface area contributed by atoms with Crippen molar-refractivity contribution < 1.29 is 18.3 Å². The highest BCUT2D eigenvalue weighted by Crippen LogP contribution is 2.20. The highest BCUT2D eigenvalue weighted by Gasteiger charge is 2.26. The minimum Gasteiger partial charge on any atom is -0.478 e. The van der Waals surface area contributed by atoms with Gasteiger partial charge in [-0.3, -0.25) is 4.79 Å². The van der Waals surface area contributed by atoms with Crippen LogP contribution in [0.5, 0.6) is 5.75 Å². The van der Waals surface area contributed by atoms with Crippen LogP contribution in [0.3, 0.4) is 0 Å². The van der Waals surface area contributed by atoms with Gasteiger partial charge < -0.3 is 14.5 Å². The molecular formula is C19H20F2N2O2. The number of ether oxygens (including phenoxy) is 1. The zero-order chi connectivity index (χ0) is 17.8. The van der Waals surface area contributed by atoms with Gasteiger partial charge in [-0.05, 0) is 31.2 Å². The van der Waals surface area contributed by atoms with E-state index >= 15 is 0 Å². The van der Waals surface area contributed by atoms with E-state index < -0.39 is 17.7 Å². The fraction of sp³-hybridized carbons (Fsp3) is 0.316. The van der Waals surface area contributed by atoms with Gasteiger partial charge in [-0.25, -0.2) is 8.78 Å². The summed E-state index contributed by atoms with van der Waals surface area (Å²) in [5.41, 5.74) is 1.13. The fourth-order valence-electron chi connectivity index (χ4n) is 2.89. The van der Waals surface area contributed by atoms with E-state index in [0.717, 1.165) is 30.9 Å². The molecule has 2 aromatic rings. The number of carbonyl (C=O) groups excluding carboxylic acids is 1. The number of nitrogens with zero attached hydrogens (tertiary/aromatic N) is 2. The van der Waals surface area contributed by atoms with Gasteiger partial charge >= 0.3 is 0 Å². The van der Waals surface area contributed by atoms with Gasteiger partial charge in [-0.15, -0.1) is 0 Å². The molecule has 0 radical (unpaired) electrons. The van der Waals surface area contributed by atoms with Crippen LogP contribution in [0.15, 0.2) is 48.5 Å². The molecule has 2 aromatic carbocycles. The molecule has 1 heterocycles. The first-order chi connectivity index (χ1) is 12.0. The number of amides is 1. The minimum atomic E-state index is -0.830. The molecule has 1 aliphatic rings. The smallest absolute Gasteiger partial charge is 0.263 e. The summed E-state index contributed by atoms with van der Waals surface area (Å²) in [6.45, 7) is 4.19. The molecule has 0 aliphatic carbocycles. The van der Waals surface area contributed by atoms with Gasteiger partial charge in [0.25, 0.3) is 5.91 Å². The zero-order valence-electron chi connectivity index (χ0n) is 14.0. The van der Waals surface area contributed by atoms with Gasteiger partial charge in [0.1, 0.15) is 5.82 Å². The third-order valence-corrected chi connectivity index (χ3v) is 4.26. The van der Waals surface area contributed by atoms with E-state index in [4.69, 9.17) is 4.74 Å². The van der Waals surface area contributed by atoms with Crippen molar-refractivity contribution in [2.45, 2.75) is 13.0 Å². The van der Waals surface area contributed by atoms with Crippen LogP contribution in [0.4, 0.5) is 14.5 Å². The lowest BCUT2D eigenvalue weighted by atomic mass is 10.2. The Morgan fingerprint density at radius 3 is 2.36 bits per heavy atom. The van der Waals surface area contributed by atoms with Gasteiger partial charge in [-0.1, -0.05) is 18.2 Å². The molecule has 1 atom stereocenters. The second-order valence-electron chi connectivity index (χ2n) is 5.98. The van der Waals surface area contributed by atoms with Gasteiger partial charge in [0.2, 0.25) is 0 Å². The molecule has 0 N–H and O–H groups in total. The Hall–Kier alpha value is -2.63. The molecule has 1 unspecified atom stereocenters. The van der Waals surface area contributed by atoms with Crippen molar-refractivity contribution in [1.29, 1.82) is 0 Å². The number of anilines is 1. The lowest BCUT2D eigenvalue weighted by molar-refractivity contribution is -0.138. The second kappa shape index (κ2) is 7.51. The van der Waals surface area contributed by atoms with Crippen LogP contribution in [0.2, 0.25) is 0 Å². The molecular weight excluding hydrogens is 326 g/mol. The molecule has 1 fully saturated rings. The van der Waals surface area contributed by atoms with Crippen molar-refractivity contribution >= 4 is 11.6 Å². The van der Waals surface area contributed by atoms with E-state index in [1.807, 2.05) is 30.3 Å². The van der Waals surface area contributed by atoms with Crippen molar-refractivity contribution in [3.05, 3.63) is 60.2 Å². The Kier molecular flexibility index (Phi) is 5.16. The average molecular weight is 346 g/mol. The Labute approximate surface area is 145 Å². The summed E-state index contributed by atoms with van der Waals surface area (Å²) < 4.78 is 32.0. The molecule has 4 nitrogen and oxygen atoms in total. The van der Waals surface area contributed by atoms with Crippen molar-refractivity contribution in [3.63, 3.8) is 0 Å². The zero-order valence-corrected chi connectivity index (χ0v) is 14.0. The van der Waals surface area contributed by atoms with Crippen molar-refractivity contribution in [3.8, 4) is 5.75 Å². The van der Waals surface area contributed by atoms with Gasteiger partial charge in [0.15, 0.2) is 17.7 Å². The molecule has 3 rings (SSSR count). The number of hydrogen-bond donors (Lipinski definition) is 0. The number of halogens is 2. The van der Waals surface area contributed by atoms with Gasteiger partial charge in [-0.2, -0.15) is 0 Å². The summed E-state index contributed by atoms with van der Waals surface area (Å²) in [7, 11) is 0. The maximum absolute atomic E-state index is 13.7. The van der Waals surface area contributed by atoms with Crippen LogP contribution in [0, 0.1) is 11.6 Å². The van der Waals surface area contributed by atoms with E-state index in [1.165, 1.54) is 6.07 Å². The maximum atomic E-state index is 13.7. The van der Waals surface area contributed by atoms with E-state index in [-0.39, 0.29) is 11.7 Å². The Morgan fingerprint density at radius 2 is 1.72 bits per heavy atom. The first kappa shape index (κ1) is 17.2. The Bertz CT molecular complexity index is 731. The topological polar surface area (TPSA) is 32.8 Å². The highest BCUT2D eigenvalue weighted by atomic mass is 19.1. The van der Waals surface area contributed by atoms with E-state index in [2.05, 4.69) is 4.90 Å². The van der Waals surface area contributed by atoms with Gasteiger partial charge in [0, 0.05) is 37.9 Å². The molecule has 6 heteroatoms. The van der Waals surface area contributed by atoms with Crippen molar-refractivity contribution in [1.82, 2.24) is 4.90 Å². The summed E-state index contributed by atoms with van der Waals surface area (Å²) in [5, 5.41) is 0. The summed E-state index contributed by atoms with van der Waals surface area (Å²) in [6, 6.07) is 13.1. The standard InChI is InChI=1S/C19H20F2N2O2/c1-14(25-18-8-7-15(20)13-17(18)21)19(24)23-11-9-22(10-12-23)16-5-3-2-4-6-16/h2-8,13-14H,9-12H2,1H3. The molecule has 1 amide bonds. The third-order valence-electron chi connectivity index (χ3n) is 4.26. The summed E-state index contributed by atoms with van der Waals surface area (Å²) in [6.07, 6.45) is -0.830. The van der Waals surface area contributed by atoms with Gasteiger partial charge in [0.05, 0.1) is 0 Å². The van der Waals surface area contributed by atoms with Crippen LogP contribution in [-0.2, 0) is 4.79 Å². The van der Waals surface area contributed by atoms with Crippen LogP contribution in [0.25, 0.3) is 0 Å². The van der Waals surface area contributed by atoms with E-state index in [1.54, 1.807) is 11.8 Å². The third kappa shape index (κ3) is 4.07. The normalized spacial score (nSPS) is 15.8. The van der Waals surface area contributed by atoms with Crippen molar-refractivity contribution in [2.24, 2.45) is 0 Å². The summed E-state index contributed by atoms with van der Waals surface area (Å²) in [5.74, 6) is -1.81. The largest absolute Gasteiger partial charge is 0.478 e. The maximum Gasteiger partial charge on any atom is 0.263 e. The van der Waals surface area contributed by atoms with E-state index in [0.29, 0.717) is 13.1 Å². The van der Waals surface area contributed by atoms with Crippen LogP contribution < -0.4 is 9.64 Å². The molecule has 1 aliphatic heterocycles. The number of benzene rings is 2. The second-order valence-corrected chi connectivity index (χ2v) is 5.98. The number of rotatable bonds is 4. The number of para-hydroxylation sites is 1. The van der Waals surface area contributed by atoms with Crippen LogP contribution in [0.1, 0.15) is 6.92 Å². The van der Waals surface area contributed by atoms with E-state index in [9.17, 15) is 13.6 Å². The number of piperazine rings is 1. The molecule has 1 saturated heterocycles. The van der Waals surface area contributed by atoms with Crippen LogP contribution >= 0.6 is 0 Å². The quantitative estimate of drug-likeness (QED) is 0.853. The molecule has 0 saturated carbocycles. The molecule has 0 spiro atoms. The molecule has 0 bridgehead atoms. The van der Waals surface area contributed by atoms with Crippen LogP contribution in [-0.4, -0.2) is 43.1 Å². The Balaban J connectivity index is 1.56. The lowest BCUT2D eigenvalue weighted by Crippen LogP contribution is -2.52. The monoisotopic (exact) mass is 346 g/mol. The predicted molar refractivity (Wildman–Crippen MR) is 91.7 cm³/mol. The fourth-order valence-corrected chi connectivity index (χ4v) is 2.89. The molecule has 25 heavy (non-hydrogen) atoms. The highest BCUT2D eigenvalue weighted by molar-refractivity contribution is 5.81. The first-order valence-electron chi connectivity index (χ1n) is 8.25. The summed E-state index contributed by atoms with van der Waals surface area (Å²) in [4.78, 5) is 16.4.